The van der Waals surface area contributed by atoms with Crippen LogP contribution in [-0.2, 0) is 16.0 Å². The van der Waals surface area contributed by atoms with E-state index < -0.39 is 5.60 Å². The third-order valence-corrected chi connectivity index (χ3v) is 5.26. The van der Waals surface area contributed by atoms with Crippen molar-refractivity contribution in [2.24, 2.45) is 5.41 Å². The molecule has 0 spiro atoms. The number of rotatable bonds is 4. The maximum atomic E-state index is 12.6. The van der Waals surface area contributed by atoms with Gasteiger partial charge in [0.1, 0.15) is 10.6 Å². The summed E-state index contributed by atoms with van der Waals surface area (Å²) in [7, 11) is 1.67. The molecule has 1 saturated carbocycles. The first-order valence-corrected chi connectivity index (χ1v) is 7.74. The van der Waals surface area contributed by atoms with E-state index in [-0.39, 0.29) is 5.78 Å². The Morgan fingerprint density at radius 3 is 2.47 bits per heavy atom. The number of ketones is 1. The summed E-state index contributed by atoms with van der Waals surface area (Å²) in [6.07, 6.45) is 4.17. The van der Waals surface area contributed by atoms with Crippen LogP contribution in [-0.4, -0.2) is 23.5 Å². The maximum Gasteiger partial charge on any atom is 0.171 e. The predicted molar refractivity (Wildman–Crippen MR) is 77.6 cm³/mol. The zero-order valence-corrected chi connectivity index (χ0v) is 13.1. The van der Waals surface area contributed by atoms with Crippen LogP contribution in [0.1, 0.15) is 50.2 Å². The van der Waals surface area contributed by atoms with E-state index >= 15 is 0 Å². The summed E-state index contributed by atoms with van der Waals surface area (Å²) < 4.78 is 5.64. The second-order valence-corrected chi connectivity index (χ2v) is 7.29. The Kier molecular flexibility index (Phi) is 4.11. The molecule has 1 aliphatic rings. The second kappa shape index (κ2) is 5.33. The molecule has 0 aliphatic heterocycles. The van der Waals surface area contributed by atoms with Gasteiger partial charge in [-0.05, 0) is 38.0 Å². The normalized spacial score (nSPS) is 21.3. The van der Waals surface area contributed by atoms with E-state index in [1.165, 1.54) is 0 Å². The molecule has 0 atom stereocenters. The van der Waals surface area contributed by atoms with Crippen molar-refractivity contribution in [3.05, 3.63) is 16.1 Å². The highest BCUT2D eigenvalue weighted by Gasteiger charge is 2.43. The van der Waals surface area contributed by atoms with Gasteiger partial charge in [0.15, 0.2) is 5.78 Å². The Balaban J connectivity index is 2.07. The first-order valence-electron chi connectivity index (χ1n) is 6.86. The highest BCUT2D eigenvalue weighted by Crippen LogP contribution is 2.42. The molecule has 4 heteroatoms. The summed E-state index contributed by atoms with van der Waals surface area (Å²) in [5.41, 5.74) is 0.749. The highest BCUT2D eigenvalue weighted by molar-refractivity contribution is 7.09. The minimum atomic E-state index is -0.574. The lowest BCUT2D eigenvalue weighted by atomic mass is 9.69. The van der Waals surface area contributed by atoms with Crippen molar-refractivity contribution >= 4 is 17.1 Å². The fourth-order valence-corrected chi connectivity index (χ4v) is 3.48. The number of methoxy groups -OCH3 is 1. The Morgan fingerprint density at radius 1 is 1.37 bits per heavy atom. The third kappa shape index (κ3) is 3.23. The number of nitrogens with zero attached hydrogens (tertiary/aromatic N) is 1. The predicted octanol–water partition coefficient (Wildman–Crippen LogP) is 3.55. The number of hydrogen-bond donors (Lipinski definition) is 0. The number of Topliss-reactive ketones (excluding diaryl/α,β-unsaturated/α-hetero) is 1. The lowest BCUT2D eigenvalue weighted by Crippen LogP contribution is -2.46. The van der Waals surface area contributed by atoms with E-state index in [0.29, 0.717) is 11.8 Å². The number of thiazole rings is 1. The summed E-state index contributed by atoms with van der Waals surface area (Å²) in [5.74, 6) is 0.194. The van der Waals surface area contributed by atoms with Gasteiger partial charge in [-0.15, -0.1) is 11.3 Å². The van der Waals surface area contributed by atoms with E-state index in [1.807, 2.05) is 12.3 Å². The minimum Gasteiger partial charge on any atom is -0.370 e. The lowest BCUT2D eigenvalue weighted by molar-refractivity contribution is -0.147. The number of aryl methyl sites for hydroxylation is 1. The molecule has 2 rings (SSSR count). The molecule has 1 heterocycles. The highest BCUT2D eigenvalue weighted by atomic mass is 32.1. The molecule has 0 amide bonds. The summed E-state index contributed by atoms with van der Waals surface area (Å²) in [4.78, 5) is 17.0. The third-order valence-electron chi connectivity index (χ3n) is 4.29. The molecule has 0 aromatic carbocycles. The van der Waals surface area contributed by atoms with Crippen LogP contribution in [0.15, 0.2) is 5.38 Å². The first kappa shape index (κ1) is 14.7. The molecular formula is C15H23NO2S. The minimum absolute atomic E-state index is 0.194. The zero-order chi connectivity index (χ0) is 14.1. The summed E-state index contributed by atoms with van der Waals surface area (Å²) in [6, 6.07) is 0. The van der Waals surface area contributed by atoms with Crippen molar-refractivity contribution in [2.75, 3.05) is 7.11 Å². The van der Waals surface area contributed by atoms with Crippen molar-refractivity contribution in [2.45, 2.75) is 58.5 Å². The van der Waals surface area contributed by atoms with Crippen molar-refractivity contribution in [3.63, 3.8) is 0 Å². The molecule has 19 heavy (non-hydrogen) atoms. The van der Waals surface area contributed by atoms with Crippen molar-refractivity contribution < 1.29 is 9.53 Å². The van der Waals surface area contributed by atoms with Crippen LogP contribution in [0.3, 0.4) is 0 Å². The Labute approximate surface area is 119 Å². The van der Waals surface area contributed by atoms with E-state index in [0.717, 1.165) is 36.4 Å². The van der Waals surface area contributed by atoms with Gasteiger partial charge in [0, 0.05) is 18.2 Å². The summed E-state index contributed by atoms with van der Waals surface area (Å²) >= 11 is 1.56. The first-order chi connectivity index (χ1) is 8.87. The van der Waals surface area contributed by atoms with Gasteiger partial charge >= 0.3 is 0 Å². The average Bonchev–Trinajstić information content (AvgIpc) is 2.75. The monoisotopic (exact) mass is 281 g/mol. The van der Waals surface area contributed by atoms with Gasteiger partial charge in [0.2, 0.25) is 0 Å². The standard InChI is InChI=1S/C15H23NO2S/c1-11-10-19-13(16-11)9-12(17)15(18-4)7-5-14(2,3)6-8-15/h10H,5-9H2,1-4H3. The van der Waals surface area contributed by atoms with Gasteiger partial charge in [-0.3, -0.25) is 4.79 Å². The van der Waals surface area contributed by atoms with E-state index in [4.69, 9.17) is 4.74 Å². The van der Waals surface area contributed by atoms with Gasteiger partial charge in [-0.2, -0.15) is 0 Å². The number of hydrogen-bond acceptors (Lipinski definition) is 4. The van der Waals surface area contributed by atoms with Gasteiger partial charge in [0.05, 0.1) is 6.42 Å². The lowest BCUT2D eigenvalue weighted by Gasteiger charge is -2.41. The SMILES string of the molecule is COC1(C(=O)Cc2nc(C)cs2)CCC(C)(C)CC1. The second-order valence-electron chi connectivity index (χ2n) is 6.35. The van der Waals surface area contributed by atoms with Gasteiger partial charge in [-0.1, -0.05) is 13.8 Å². The number of carbonyl (C=O) groups is 1. The Bertz CT molecular complexity index is 454. The summed E-state index contributed by atoms with van der Waals surface area (Å²) in [6.45, 7) is 6.49. The van der Waals surface area contributed by atoms with Crippen molar-refractivity contribution in [1.29, 1.82) is 0 Å². The summed E-state index contributed by atoms with van der Waals surface area (Å²) in [5, 5.41) is 2.90. The molecule has 1 fully saturated rings. The van der Waals surface area contributed by atoms with Gasteiger partial charge < -0.3 is 4.74 Å². The van der Waals surface area contributed by atoms with Crippen LogP contribution in [0.5, 0.6) is 0 Å². The van der Waals surface area contributed by atoms with Crippen LogP contribution >= 0.6 is 11.3 Å². The molecule has 1 aromatic rings. The largest absolute Gasteiger partial charge is 0.370 e. The van der Waals surface area contributed by atoms with Crippen molar-refractivity contribution in [3.8, 4) is 0 Å². The topological polar surface area (TPSA) is 39.2 Å². The van der Waals surface area contributed by atoms with E-state index in [2.05, 4.69) is 18.8 Å². The molecule has 106 valence electrons. The Morgan fingerprint density at radius 2 is 2.00 bits per heavy atom. The molecule has 3 nitrogen and oxygen atoms in total. The quantitative estimate of drug-likeness (QED) is 0.847. The Hall–Kier alpha value is -0.740. The maximum absolute atomic E-state index is 12.6. The molecule has 1 aromatic heterocycles. The fourth-order valence-electron chi connectivity index (χ4n) is 2.71. The van der Waals surface area contributed by atoms with Crippen LogP contribution in [0, 0.1) is 12.3 Å². The molecule has 0 unspecified atom stereocenters. The van der Waals surface area contributed by atoms with Gasteiger partial charge in [-0.25, -0.2) is 4.98 Å². The number of aromatic nitrogens is 1. The van der Waals surface area contributed by atoms with E-state index in [9.17, 15) is 4.79 Å². The molecule has 0 radical (unpaired) electrons. The van der Waals surface area contributed by atoms with Gasteiger partial charge in [0.25, 0.3) is 0 Å². The van der Waals surface area contributed by atoms with Crippen LogP contribution in [0.4, 0.5) is 0 Å². The molecule has 0 saturated heterocycles. The number of carbonyl (C=O) groups excluding carboxylic acids is 1. The molecule has 0 N–H and O–H groups in total. The zero-order valence-electron chi connectivity index (χ0n) is 12.3. The van der Waals surface area contributed by atoms with Crippen LogP contribution < -0.4 is 0 Å². The van der Waals surface area contributed by atoms with E-state index in [1.54, 1.807) is 18.4 Å². The smallest absolute Gasteiger partial charge is 0.171 e. The average molecular weight is 281 g/mol. The fraction of sp³-hybridized carbons (Fsp3) is 0.733. The molecule has 1 aliphatic carbocycles. The van der Waals surface area contributed by atoms with Crippen LogP contribution in [0.2, 0.25) is 0 Å². The van der Waals surface area contributed by atoms with Crippen molar-refractivity contribution in [1.82, 2.24) is 4.98 Å². The van der Waals surface area contributed by atoms with Crippen LogP contribution in [0.25, 0.3) is 0 Å². The molecular weight excluding hydrogens is 258 g/mol. The number of ether oxygens (including phenoxy) is 1. The molecule has 0 bridgehead atoms.